The summed E-state index contributed by atoms with van der Waals surface area (Å²) in [6.45, 7) is 5.64. The zero-order valence-electron chi connectivity index (χ0n) is 15.1. The molecule has 0 saturated carbocycles. The van der Waals surface area contributed by atoms with E-state index in [-0.39, 0.29) is 11.9 Å². The molecular formula is C19H25ClN4O2+2. The molecule has 7 heteroatoms. The van der Waals surface area contributed by atoms with Gasteiger partial charge in [-0.05, 0) is 31.2 Å². The van der Waals surface area contributed by atoms with Gasteiger partial charge in [0.25, 0.3) is 11.7 Å². The van der Waals surface area contributed by atoms with Gasteiger partial charge in [-0.3, -0.25) is 9.69 Å². The number of hydrogen-bond acceptors (Lipinski definition) is 3. The number of quaternary nitrogens is 1. The summed E-state index contributed by atoms with van der Waals surface area (Å²) >= 11 is 6.13. The van der Waals surface area contributed by atoms with Crippen LogP contribution in [0.15, 0.2) is 42.6 Å². The molecule has 1 amide bonds. The molecule has 26 heavy (non-hydrogen) atoms. The Bertz CT molecular complexity index is 748. The highest BCUT2D eigenvalue weighted by atomic mass is 35.5. The third-order valence-corrected chi connectivity index (χ3v) is 5.16. The van der Waals surface area contributed by atoms with Gasteiger partial charge in [-0.25, -0.2) is 4.98 Å². The lowest BCUT2D eigenvalue weighted by atomic mass is 10.2. The van der Waals surface area contributed by atoms with Gasteiger partial charge in [-0.1, -0.05) is 17.7 Å². The van der Waals surface area contributed by atoms with Crippen molar-refractivity contribution >= 4 is 29.0 Å². The van der Waals surface area contributed by atoms with E-state index in [0.717, 1.165) is 32.0 Å². The van der Waals surface area contributed by atoms with E-state index in [1.807, 2.05) is 25.3 Å². The first-order valence-electron chi connectivity index (χ1n) is 8.79. The van der Waals surface area contributed by atoms with Crippen molar-refractivity contribution in [3.8, 4) is 5.75 Å². The second-order valence-electron chi connectivity index (χ2n) is 6.45. The second-order valence-corrected chi connectivity index (χ2v) is 6.86. The first kappa shape index (κ1) is 18.5. The Morgan fingerprint density at radius 3 is 2.69 bits per heavy atom. The highest BCUT2D eigenvalue weighted by Gasteiger charge is 2.32. The predicted octanol–water partition coefficient (Wildman–Crippen LogP) is 0.895. The van der Waals surface area contributed by atoms with Crippen molar-refractivity contribution in [2.75, 3.05) is 43.5 Å². The molecule has 0 spiro atoms. The Labute approximate surface area is 158 Å². The van der Waals surface area contributed by atoms with Crippen LogP contribution in [0, 0.1) is 0 Å². The van der Waals surface area contributed by atoms with Crippen molar-refractivity contribution in [1.29, 1.82) is 0 Å². The van der Waals surface area contributed by atoms with E-state index in [1.165, 1.54) is 4.90 Å². The lowest BCUT2D eigenvalue weighted by molar-refractivity contribution is -0.914. The number of benzene rings is 1. The second kappa shape index (κ2) is 8.38. The molecule has 1 saturated heterocycles. The number of aromatic nitrogens is 1. The Balaban J connectivity index is 1.55. The van der Waals surface area contributed by atoms with Crippen LogP contribution < -0.4 is 24.8 Å². The van der Waals surface area contributed by atoms with Gasteiger partial charge in [0.05, 0.1) is 18.3 Å². The summed E-state index contributed by atoms with van der Waals surface area (Å²) in [4.78, 5) is 19.5. The molecule has 6 nitrogen and oxygen atoms in total. The quantitative estimate of drug-likeness (QED) is 0.815. The summed E-state index contributed by atoms with van der Waals surface area (Å²) in [6.07, 6.45) is 1.94. The van der Waals surface area contributed by atoms with Crippen molar-refractivity contribution in [3.63, 3.8) is 0 Å². The molecule has 0 bridgehead atoms. The first-order valence-corrected chi connectivity index (χ1v) is 9.17. The van der Waals surface area contributed by atoms with Gasteiger partial charge >= 0.3 is 0 Å². The van der Waals surface area contributed by atoms with Gasteiger partial charge in [0.1, 0.15) is 31.9 Å². The van der Waals surface area contributed by atoms with Crippen LogP contribution in [0.25, 0.3) is 0 Å². The Hall–Kier alpha value is -2.31. The predicted molar refractivity (Wildman–Crippen MR) is 102 cm³/mol. The van der Waals surface area contributed by atoms with Crippen LogP contribution >= 0.6 is 11.6 Å². The molecule has 1 fully saturated rings. The number of H-pyrrole nitrogens is 1. The number of methoxy groups -OCH3 is 1. The summed E-state index contributed by atoms with van der Waals surface area (Å²) in [6, 6.07) is 11.2. The largest absolute Gasteiger partial charge is 0.495 e. The smallest absolute Gasteiger partial charge is 0.282 e. The lowest BCUT2D eigenvalue weighted by Gasteiger charge is -2.31. The van der Waals surface area contributed by atoms with Gasteiger partial charge in [0, 0.05) is 11.8 Å². The molecule has 1 aromatic heterocycles. The minimum atomic E-state index is -0.127. The third kappa shape index (κ3) is 4.26. The summed E-state index contributed by atoms with van der Waals surface area (Å²) < 4.78 is 5.14. The fraction of sp³-hybridized carbons (Fsp3) is 0.368. The van der Waals surface area contributed by atoms with Crippen molar-refractivity contribution < 1.29 is 19.4 Å². The number of pyridine rings is 1. The van der Waals surface area contributed by atoms with Gasteiger partial charge in [-0.15, -0.1) is 0 Å². The maximum absolute atomic E-state index is 12.6. The van der Waals surface area contributed by atoms with Crippen molar-refractivity contribution in [1.82, 2.24) is 0 Å². The van der Waals surface area contributed by atoms with Gasteiger partial charge in [-0.2, -0.15) is 0 Å². The number of hydrogen-bond donors (Lipinski definition) is 2. The molecule has 1 atom stereocenters. The SMILES string of the molecule is COc1ccc(NC(=O)[C@H](C)[NH+]2CCN(c3cccc[nH+]3)CC2)cc1Cl. The van der Waals surface area contributed by atoms with Crippen LogP contribution in [0.2, 0.25) is 5.02 Å². The molecule has 2 heterocycles. The molecule has 0 radical (unpaired) electrons. The number of rotatable bonds is 5. The van der Waals surface area contributed by atoms with Crippen molar-refractivity contribution in [2.24, 2.45) is 0 Å². The highest BCUT2D eigenvalue weighted by Crippen LogP contribution is 2.27. The number of carbonyl (C=O) groups excluding carboxylic acids is 1. The molecule has 0 unspecified atom stereocenters. The fourth-order valence-electron chi connectivity index (χ4n) is 3.23. The maximum atomic E-state index is 12.6. The number of aromatic amines is 1. The fourth-order valence-corrected chi connectivity index (χ4v) is 3.49. The molecule has 1 aliphatic rings. The number of ether oxygens (including phenoxy) is 1. The van der Waals surface area contributed by atoms with Gasteiger partial charge < -0.3 is 15.0 Å². The van der Waals surface area contributed by atoms with Crippen molar-refractivity contribution in [3.05, 3.63) is 47.6 Å². The normalized spacial score (nSPS) is 16.2. The number of nitrogens with zero attached hydrogens (tertiary/aromatic N) is 1. The molecular weight excluding hydrogens is 352 g/mol. The van der Waals surface area contributed by atoms with Gasteiger partial charge in [0.2, 0.25) is 0 Å². The highest BCUT2D eigenvalue weighted by molar-refractivity contribution is 6.32. The zero-order valence-corrected chi connectivity index (χ0v) is 15.8. The molecule has 138 valence electrons. The van der Waals surface area contributed by atoms with E-state index in [2.05, 4.69) is 21.3 Å². The summed E-state index contributed by atoms with van der Waals surface area (Å²) in [5, 5.41) is 3.44. The van der Waals surface area contributed by atoms with E-state index >= 15 is 0 Å². The van der Waals surface area contributed by atoms with E-state index in [1.54, 1.807) is 25.3 Å². The Morgan fingerprint density at radius 2 is 2.08 bits per heavy atom. The maximum Gasteiger partial charge on any atom is 0.282 e. The minimum Gasteiger partial charge on any atom is -0.495 e. The molecule has 2 aromatic rings. The average molecular weight is 377 g/mol. The molecule has 1 aliphatic heterocycles. The van der Waals surface area contributed by atoms with E-state index < -0.39 is 0 Å². The van der Waals surface area contributed by atoms with Crippen LogP contribution in [0.3, 0.4) is 0 Å². The van der Waals surface area contributed by atoms with E-state index in [0.29, 0.717) is 16.5 Å². The Morgan fingerprint density at radius 1 is 1.31 bits per heavy atom. The number of nitrogens with one attached hydrogen (secondary N) is 3. The summed E-state index contributed by atoms with van der Waals surface area (Å²) in [5.74, 6) is 1.72. The van der Waals surface area contributed by atoms with Crippen LogP contribution in [0.1, 0.15) is 6.92 Å². The van der Waals surface area contributed by atoms with E-state index in [4.69, 9.17) is 16.3 Å². The number of piperazine rings is 1. The van der Waals surface area contributed by atoms with Crippen LogP contribution in [-0.4, -0.2) is 45.2 Å². The van der Waals surface area contributed by atoms with E-state index in [9.17, 15) is 4.79 Å². The lowest BCUT2D eigenvalue weighted by Crippen LogP contribution is -3.19. The summed E-state index contributed by atoms with van der Waals surface area (Å²) in [5.41, 5.74) is 0.685. The molecule has 0 aliphatic carbocycles. The van der Waals surface area contributed by atoms with Crippen LogP contribution in [0.4, 0.5) is 11.5 Å². The summed E-state index contributed by atoms with van der Waals surface area (Å²) in [7, 11) is 1.57. The molecule has 1 aromatic carbocycles. The third-order valence-electron chi connectivity index (χ3n) is 4.86. The van der Waals surface area contributed by atoms with Crippen LogP contribution in [0.5, 0.6) is 5.75 Å². The number of carbonyl (C=O) groups is 1. The van der Waals surface area contributed by atoms with Crippen molar-refractivity contribution in [2.45, 2.75) is 13.0 Å². The number of amides is 1. The average Bonchev–Trinajstić information content (AvgIpc) is 2.68. The molecule has 3 N–H and O–H groups in total. The van der Waals surface area contributed by atoms with Gasteiger partial charge in [0.15, 0.2) is 6.04 Å². The number of anilines is 2. The topological polar surface area (TPSA) is 60.1 Å². The minimum absolute atomic E-state index is 0.000886. The zero-order chi connectivity index (χ0) is 18.5. The van der Waals surface area contributed by atoms with Crippen LogP contribution in [-0.2, 0) is 4.79 Å². The first-order chi connectivity index (χ1) is 12.6. The standard InChI is InChI=1S/C19H23ClN4O2/c1-14(19(25)22-15-6-7-17(26-2)16(20)13-15)23-9-11-24(12-10-23)18-5-3-4-8-21-18/h3-8,13-14H,9-12H2,1-2H3,(H,22,25)/p+2/t14-/m0/s1. The monoisotopic (exact) mass is 376 g/mol. The molecule has 3 rings (SSSR count). The number of halogens is 1. The Kier molecular flexibility index (Phi) is 5.96.